The average molecular weight is 336 g/mol. The van der Waals surface area contributed by atoms with E-state index in [0.717, 1.165) is 11.0 Å². The van der Waals surface area contributed by atoms with Crippen LogP contribution in [0, 0.1) is 5.92 Å². The van der Waals surface area contributed by atoms with Crippen molar-refractivity contribution in [3.05, 3.63) is 24.5 Å². The van der Waals surface area contributed by atoms with Crippen molar-refractivity contribution in [1.82, 2.24) is 13.9 Å². The maximum atomic E-state index is 12.4. The zero-order chi connectivity index (χ0) is 16.6. The fourth-order valence-corrected chi connectivity index (χ4v) is 3.78. The lowest BCUT2D eigenvalue weighted by atomic mass is 9.97. The number of amides is 1. The molecular weight excluding hydrogens is 316 g/mol. The van der Waals surface area contributed by atoms with E-state index in [1.807, 2.05) is 29.8 Å². The van der Waals surface area contributed by atoms with E-state index in [0.29, 0.717) is 31.6 Å². The number of nitrogens with one attached hydrogen (secondary N) is 1. The van der Waals surface area contributed by atoms with Crippen molar-refractivity contribution in [3.8, 4) is 0 Å². The number of carbonyl (C=O) groups excluding carboxylic acids is 1. The first-order valence-electron chi connectivity index (χ1n) is 7.51. The first kappa shape index (κ1) is 15.9. The van der Waals surface area contributed by atoms with Crippen molar-refractivity contribution in [2.45, 2.75) is 12.8 Å². The Morgan fingerprint density at radius 1 is 1.30 bits per heavy atom. The van der Waals surface area contributed by atoms with Crippen molar-refractivity contribution in [1.29, 1.82) is 0 Å². The molecule has 1 saturated heterocycles. The Morgan fingerprint density at radius 2 is 2.00 bits per heavy atom. The fraction of sp³-hybridized carbons (Fsp3) is 0.467. The summed E-state index contributed by atoms with van der Waals surface area (Å²) in [6.45, 7) is 0.798. The van der Waals surface area contributed by atoms with Crippen molar-refractivity contribution < 1.29 is 13.2 Å². The van der Waals surface area contributed by atoms with Crippen LogP contribution in [0.2, 0.25) is 0 Å². The van der Waals surface area contributed by atoms with Crippen LogP contribution in [-0.2, 0) is 21.9 Å². The lowest BCUT2D eigenvalue weighted by molar-refractivity contribution is -0.120. The summed E-state index contributed by atoms with van der Waals surface area (Å²) >= 11 is 0. The van der Waals surface area contributed by atoms with Gasteiger partial charge in [0.25, 0.3) is 0 Å². The monoisotopic (exact) mass is 336 g/mol. The molecule has 0 spiro atoms. The maximum absolute atomic E-state index is 12.4. The molecule has 0 unspecified atom stereocenters. The van der Waals surface area contributed by atoms with Crippen LogP contribution in [0.4, 0.5) is 5.69 Å². The van der Waals surface area contributed by atoms with Crippen LogP contribution in [0.5, 0.6) is 0 Å². The van der Waals surface area contributed by atoms with Gasteiger partial charge in [-0.25, -0.2) is 17.7 Å². The third-order valence-corrected chi connectivity index (χ3v) is 5.59. The Hall–Kier alpha value is -1.93. The topological polar surface area (TPSA) is 84.3 Å². The van der Waals surface area contributed by atoms with Crippen LogP contribution in [0.3, 0.4) is 0 Å². The van der Waals surface area contributed by atoms with Crippen LogP contribution in [-0.4, -0.2) is 47.5 Å². The van der Waals surface area contributed by atoms with Crippen molar-refractivity contribution in [3.63, 3.8) is 0 Å². The molecule has 7 nitrogen and oxygen atoms in total. The molecule has 124 valence electrons. The number of piperidine rings is 1. The highest BCUT2D eigenvalue weighted by Gasteiger charge is 2.28. The minimum Gasteiger partial charge on any atom is -0.334 e. The number of fused-ring (bicyclic) bond motifs is 1. The average Bonchev–Trinajstić information content (AvgIpc) is 2.87. The molecular formula is C15H20N4O3S. The SMILES string of the molecule is Cn1cnc2cc(NC(=O)C3CCN(S(C)(=O)=O)CC3)ccc21. The molecule has 1 aromatic carbocycles. The van der Waals surface area contributed by atoms with Crippen molar-refractivity contribution >= 4 is 32.7 Å². The van der Waals surface area contributed by atoms with Crippen LogP contribution in [0.25, 0.3) is 11.0 Å². The van der Waals surface area contributed by atoms with E-state index in [1.165, 1.54) is 10.6 Å². The highest BCUT2D eigenvalue weighted by molar-refractivity contribution is 7.88. The number of hydrogen-bond donors (Lipinski definition) is 1. The summed E-state index contributed by atoms with van der Waals surface area (Å²) in [5.41, 5.74) is 2.55. The maximum Gasteiger partial charge on any atom is 0.227 e. The summed E-state index contributed by atoms with van der Waals surface area (Å²) in [7, 11) is -1.25. The minimum absolute atomic E-state index is 0.0616. The van der Waals surface area contributed by atoms with Gasteiger partial charge in [0.15, 0.2) is 0 Å². The predicted molar refractivity (Wildman–Crippen MR) is 88.5 cm³/mol. The molecule has 2 heterocycles. The second-order valence-electron chi connectivity index (χ2n) is 5.98. The van der Waals surface area contributed by atoms with Crippen LogP contribution in [0.15, 0.2) is 24.5 Å². The van der Waals surface area contributed by atoms with Crippen molar-refractivity contribution in [2.24, 2.45) is 13.0 Å². The summed E-state index contributed by atoms with van der Waals surface area (Å²) in [5, 5.41) is 2.91. The van der Waals surface area contributed by atoms with E-state index >= 15 is 0 Å². The summed E-state index contributed by atoms with van der Waals surface area (Å²) in [6.07, 6.45) is 4.03. The number of benzene rings is 1. The molecule has 1 N–H and O–H groups in total. The molecule has 2 aromatic rings. The molecule has 0 aliphatic carbocycles. The molecule has 3 rings (SSSR count). The molecule has 0 saturated carbocycles. The molecule has 8 heteroatoms. The molecule has 23 heavy (non-hydrogen) atoms. The normalized spacial score (nSPS) is 17.5. The summed E-state index contributed by atoms with van der Waals surface area (Å²) < 4.78 is 26.3. The highest BCUT2D eigenvalue weighted by Crippen LogP contribution is 2.22. The smallest absolute Gasteiger partial charge is 0.227 e. The molecule has 0 radical (unpaired) electrons. The van der Waals surface area contributed by atoms with E-state index in [1.54, 1.807) is 6.33 Å². The molecule has 1 fully saturated rings. The predicted octanol–water partition coefficient (Wildman–Crippen LogP) is 1.18. The molecule has 1 aliphatic heterocycles. The first-order chi connectivity index (χ1) is 10.8. The Kier molecular flexibility index (Phi) is 4.11. The van der Waals surface area contributed by atoms with Gasteiger partial charge in [0, 0.05) is 31.7 Å². The van der Waals surface area contributed by atoms with E-state index in [-0.39, 0.29) is 11.8 Å². The summed E-state index contributed by atoms with van der Waals surface area (Å²) in [6, 6.07) is 5.62. The lowest BCUT2D eigenvalue weighted by Crippen LogP contribution is -2.40. The number of nitrogens with zero attached hydrogens (tertiary/aromatic N) is 3. The van der Waals surface area contributed by atoms with Gasteiger partial charge in [-0.1, -0.05) is 0 Å². The quantitative estimate of drug-likeness (QED) is 0.912. The fourth-order valence-electron chi connectivity index (χ4n) is 2.91. The Balaban J connectivity index is 1.65. The third-order valence-electron chi connectivity index (χ3n) is 4.29. The molecule has 0 bridgehead atoms. The van der Waals surface area contributed by atoms with Gasteiger partial charge in [0.2, 0.25) is 15.9 Å². The molecule has 1 aliphatic rings. The minimum atomic E-state index is -3.16. The van der Waals surface area contributed by atoms with Gasteiger partial charge in [0.05, 0.1) is 23.6 Å². The van der Waals surface area contributed by atoms with Crippen LogP contribution in [0.1, 0.15) is 12.8 Å². The van der Waals surface area contributed by atoms with Crippen LogP contribution >= 0.6 is 0 Å². The first-order valence-corrected chi connectivity index (χ1v) is 9.36. The zero-order valence-electron chi connectivity index (χ0n) is 13.2. The summed E-state index contributed by atoms with van der Waals surface area (Å²) in [4.78, 5) is 16.6. The summed E-state index contributed by atoms with van der Waals surface area (Å²) in [5.74, 6) is -0.221. The highest BCUT2D eigenvalue weighted by atomic mass is 32.2. The second-order valence-corrected chi connectivity index (χ2v) is 7.97. The number of aryl methyl sites for hydroxylation is 1. The standard InChI is InChI=1S/C15H20N4O3S/c1-18-10-16-13-9-12(3-4-14(13)18)17-15(20)11-5-7-19(8-6-11)23(2,21)22/h3-4,9-11H,5-8H2,1-2H3,(H,17,20). The number of carbonyl (C=O) groups is 1. The zero-order valence-corrected chi connectivity index (χ0v) is 14.0. The largest absolute Gasteiger partial charge is 0.334 e. The number of rotatable bonds is 3. The number of sulfonamides is 1. The number of imidazole rings is 1. The van der Waals surface area contributed by atoms with Gasteiger partial charge in [0.1, 0.15) is 0 Å². The third kappa shape index (κ3) is 3.37. The van der Waals surface area contributed by atoms with Gasteiger partial charge < -0.3 is 9.88 Å². The molecule has 1 amide bonds. The van der Waals surface area contributed by atoms with Gasteiger partial charge >= 0.3 is 0 Å². The molecule has 0 atom stereocenters. The Morgan fingerprint density at radius 3 is 2.65 bits per heavy atom. The van der Waals surface area contributed by atoms with Gasteiger partial charge in [-0.2, -0.15) is 0 Å². The van der Waals surface area contributed by atoms with E-state index in [2.05, 4.69) is 10.3 Å². The number of aromatic nitrogens is 2. The van der Waals surface area contributed by atoms with E-state index in [9.17, 15) is 13.2 Å². The van der Waals surface area contributed by atoms with E-state index in [4.69, 9.17) is 0 Å². The van der Waals surface area contributed by atoms with E-state index < -0.39 is 10.0 Å². The van der Waals surface area contributed by atoms with Gasteiger partial charge in [-0.05, 0) is 31.0 Å². The number of hydrogen-bond acceptors (Lipinski definition) is 4. The van der Waals surface area contributed by atoms with Crippen LogP contribution < -0.4 is 5.32 Å². The lowest BCUT2D eigenvalue weighted by Gasteiger charge is -2.29. The Labute approximate surface area is 135 Å². The Bertz CT molecular complexity index is 836. The van der Waals surface area contributed by atoms with Gasteiger partial charge in [-0.3, -0.25) is 4.79 Å². The second kappa shape index (κ2) is 5.93. The van der Waals surface area contributed by atoms with Crippen molar-refractivity contribution in [2.75, 3.05) is 24.7 Å². The van der Waals surface area contributed by atoms with Gasteiger partial charge in [-0.15, -0.1) is 0 Å². The number of anilines is 1. The molecule has 1 aromatic heterocycles.